The van der Waals surface area contributed by atoms with E-state index in [4.69, 9.17) is 14.2 Å². The van der Waals surface area contributed by atoms with Gasteiger partial charge in [-0.25, -0.2) is 0 Å². The molecule has 3 fully saturated rings. The summed E-state index contributed by atoms with van der Waals surface area (Å²) in [4.78, 5) is 0. The number of halogens is 1. The Morgan fingerprint density at radius 2 is 1.62 bits per heavy atom. The van der Waals surface area contributed by atoms with Crippen molar-refractivity contribution >= 4 is 0 Å². The molecule has 4 heteroatoms. The monoisotopic (exact) mass is 299 g/mol. The lowest BCUT2D eigenvalue weighted by Gasteiger charge is -2.40. The number of hydrogen-bond donors (Lipinski definition) is 0. The van der Waals surface area contributed by atoms with Crippen LogP contribution in [0.25, 0.3) is 0 Å². The molecule has 0 aromatic carbocycles. The van der Waals surface area contributed by atoms with Crippen LogP contribution in [0.15, 0.2) is 0 Å². The van der Waals surface area contributed by atoms with Crippen molar-refractivity contribution < 1.29 is 18.6 Å². The zero-order valence-corrected chi connectivity index (χ0v) is 13.1. The van der Waals surface area contributed by atoms with E-state index in [-0.39, 0.29) is 13.0 Å². The van der Waals surface area contributed by atoms with E-state index in [9.17, 15) is 4.39 Å². The first-order valence-electron chi connectivity index (χ1n) is 8.50. The van der Waals surface area contributed by atoms with Crippen molar-refractivity contribution in [3.05, 3.63) is 5.92 Å². The van der Waals surface area contributed by atoms with Gasteiger partial charge < -0.3 is 14.2 Å². The Morgan fingerprint density at radius 3 is 2.19 bits per heavy atom. The van der Waals surface area contributed by atoms with Crippen LogP contribution in [-0.2, 0) is 14.2 Å². The first-order chi connectivity index (χ1) is 10.3. The van der Waals surface area contributed by atoms with Crippen LogP contribution in [0.2, 0.25) is 0 Å². The molecule has 2 saturated heterocycles. The third-order valence-electron chi connectivity index (χ3n) is 5.32. The summed E-state index contributed by atoms with van der Waals surface area (Å²) >= 11 is 0. The Morgan fingerprint density at radius 1 is 0.905 bits per heavy atom. The van der Waals surface area contributed by atoms with Crippen molar-refractivity contribution in [3.63, 3.8) is 0 Å². The molecule has 21 heavy (non-hydrogen) atoms. The quantitative estimate of drug-likeness (QED) is 0.798. The van der Waals surface area contributed by atoms with E-state index < -0.39 is 0 Å². The second kappa shape index (κ2) is 7.38. The van der Waals surface area contributed by atoms with Crippen LogP contribution >= 0.6 is 0 Å². The number of alkyl halides is 1. The molecular weight excluding hydrogens is 271 g/mol. The van der Waals surface area contributed by atoms with Crippen molar-refractivity contribution in [1.82, 2.24) is 0 Å². The van der Waals surface area contributed by atoms with Crippen molar-refractivity contribution in [2.24, 2.45) is 17.8 Å². The van der Waals surface area contributed by atoms with Gasteiger partial charge in [-0.2, -0.15) is 0 Å². The average molecular weight is 299 g/mol. The topological polar surface area (TPSA) is 27.7 Å². The van der Waals surface area contributed by atoms with E-state index in [0.717, 1.165) is 57.8 Å². The van der Waals surface area contributed by atoms with Gasteiger partial charge in [0.05, 0.1) is 26.0 Å². The van der Waals surface area contributed by atoms with E-state index in [0.29, 0.717) is 23.9 Å². The molecule has 0 aromatic rings. The minimum atomic E-state index is -0.251. The molecular formula is C17H28FO3. The van der Waals surface area contributed by atoms with Gasteiger partial charge in [-0.1, -0.05) is 6.92 Å². The van der Waals surface area contributed by atoms with Crippen LogP contribution in [0.5, 0.6) is 0 Å². The Labute approximate surface area is 127 Å². The van der Waals surface area contributed by atoms with Gasteiger partial charge in [-0.15, -0.1) is 0 Å². The van der Waals surface area contributed by atoms with Crippen LogP contribution in [0.4, 0.5) is 4.39 Å². The van der Waals surface area contributed by atoms with Crippen LogP contribution in [-0.4, -0.2) is 38.9 Å². The maximum Gasteiger partial charge on any atom is 0.160 e. The van der Waals surface area contributed by atoms with Gasteiger partial charge >= 0.3 is 0 Å². The smallest absolute Gasteiger partial charge is 0.160 e. The molecule has 121 valence electrons. The molecule has 0 spiro atoms. The maximum absolute atomic E-state index is 12.6. The van der Waals surface area contributed by atoms with Gasteiger partial charge in [0.2, 0.25) is 0 Å². The largest absolute Gasteiger partial charge is 0.377 e. The summed E-state index contributed by atoms with van der Waals surface area (Å²) in [6.07, 6.45) is 6.41. The minimum Gasteiger partial charge on any atom is -0.377 e. The molecule has 2 atom stereocenters. The van der Waals surface area contributed by atoms with Crippen LogP contribution in [0.3, 0.4) is 0 Å². The highest BCUT2D eigenvalue weighted by Crippen LogP contribution is 2.36. The lowest BCUT2D eigenvalue weighted by Crippen LogP contribution is -2.44. The molecule has 0 N–H and O–H groups in total. The first-order valence-corrected chi connectivity index (χ1v) is 8.50. The van der Waals surface area contributed by atoms with E-state index in [1.165, 1.54) is 6.42 Å². The molecule has 1 aliphatic carbocycles. The summed E-state index contributed by atoms with van der Waals surface area (Å²) in [7, 11) is 0. The van der Waals surface area contributed by atoms with Gasteiger partial charge in [0, 0.05) is 24.4 Å². The zero-order valence-electron chi connectivity index (χ0n) is 13.1. The highest BCUT2D eigenvalue weighted by atomic mass is 19.1. The number of rotatable bonds is 3. The second-order valence-corrected chi connectivity index (χ2v) is 7.07. The number of ether oxygens (including phenoxy) is 3. The standard InChI is InChI=1S/C17H28FO3/c1-12-2-7-16(19-9-12)15-10-20-17(21-11-15)14-5-3-13(8-18)4-6-14/h12,14-17H,2-11H2,1H3. The predicted octanol–water partition coefficient (Wildman–Crippen LogP) is 3.52. The second-order valence-electron chi connectivity index (χ2n) is 7.07. The Hall–Kier alpha value is -0.190. The SMILES string of the molecule is CC1CCC(C2COC(C3CC[C](CF)CC3)OC2)OC1. The molecule has 2 aliphatic heterocycles. The Bertz CT molecular complexity index is 301. The molecule has 0 bridgehead atoms. The average Bonchev–Trinajstić information content (AvgIpc) is 2.56. The van der Waals surface area contributed by atoms with E-state index >= 15 is 0 Å². The minimum absolute atomic E-state index is 0.0788. The fraction of sp³-hybridized carbons (Fsp3) is 0.941. The first kappa shape index (κ1) is 15.7. The molecule has 3 nitrogen and oxygen atoms in total. The van der Waals surface area contributed by atoms with Gasteiger partial charge in [0.1, 0.15) is 0 Å². The van der Waals surface area contributed by atoms with Gasteiger partial charge in [0.15, 0.2) is 6.29 Å². The molecule has 0 amide bonds. The summed E-state index contributed by atoms with van der Waals surface area (Å²) in [6.45, 7) is 4.36. The summed E-state index contributed by atoms with van der Waals surface area (Å²) in [5, 5.41) is 0. The van der Waals surface area contributed by atoms with E-state index in [1.54, 1.807) is 0 Å². The third-order valence-corrected chi connectivity index (χ3v) is 5.32. The van der Waals surface area contributed by atoms with Gasteiger partial charge in [-0.05, 0) is 44.4 Å². The van der Waals surface area contributed by atoms with E-state index in [1.807, 2.05) is 0 Å². The molecule has 1 radical (unpaired) electrons. The summed E-state index contributed by atoms with van der Waals surface area (Å²) < 4.78 is 30.5. The zero-order chi connectivity index (χ0) is 14.7. The normalized spacial score (nSPS) is 40.3. The molecule has 3 rings (SSSR count). The Kier molecular flexibility index (Phi) is 5.52. The highest BCUT2D eigenvalue weighted by Gasteiger charge is 2.36. The fourth-order valence-electron chi connectivity index (χ4n) is 3.75. The Balaban J connectivity index is 1.41. The van der Waals surface area contributed by atoms with Crippen molar-refractivity contribution in [2.45, 2.75) is 57.8 Å². The molecule has 3 aliphatic rings. The highest BCUT2D eigenvalue weighted by molar-refractivity contribution is 4.95. The van der Waals surface area contributed by atoms with Crippen molar-refractivity contribution in [1.29, 1.82) is 0 Å². The van der Waals surface area contributed by atoms with Gasteiger partial charge in [0.25, 0.3) is 0 Å². The molecule has 0 aromatic heterocycles. The molecule has 1 saturated carbocycles. The van der Waals surface area contributed by atoms with Crippen LogP contribution in [0, 0.1) is 23.7 Å². The van der Waals surface area contributed by atoms with Crippen LogP contribution < -0.4 is 0 Å². The molecule has 2 unspecified atom stereocenters. The summed E-state index contributed by atoms with van der Waals surface area (Å²) in [5.41, 5.74) is 0. The van der Waals surface area contributed by atoms with Crippen molar-refractivity contribution in [3.8, 4) is 0 Å². The summed E-state index contributed by atoms with van der Waals surface area (Å²) in [5.74, 6) is 2.56. The number of hydrogen-bond acceptors (Lipinski definition) is 3. The lowest BCUT2D eigenvalue weighted by atomic mass is 9.82. The fourth-order valence-corrected chi connectivity index (χ4v) is 3.75. The van der Waals surface area contributed by atoms with Gasteiger partial charge in [-0.3, -0.25) is 4.39 Å². The van der Waals surface area contributed by atoms with Crippen molar-refractivity contribution in [2.75, 3.05) is 26.5 Å². The molecule has 2 heterocycles. The predicted molar refractivity (Wildman–Crippen MR) is 78.5 cm³/mol. The third kappa shape index (κ3) is 3.96. The maximum atomic E-state index is 12.6. The van der Waals surface area contributed by atoms with Crippen LogP contribution in [0.1, 0.15) is 45.4 Å². The van der Waals surface area contributed by atoms with E-state index in [2.05, 4.69) is 6.92 Å². The lowest BCUT2D eigenvalue weighted by molar-refractivity contribution is -0.245. The summed E-state index contributed by atoms with van der Waals surface area (Å²) in [6, 6.07) is 0.